The Balaban J connectivity index is 2.19. The first-order valence-corrected chi connectivity index (χ1v) is 5.95. The van der Waals surface area contributed by atoms with E-state index in [0.717, 1.165) is 5.69 Å². The van der Waals surface area contributed by atoms with Crippen LogP contribution in [0.3, 0.4) is 0 Å². The van der Waals surface area contributed by atoms with E-state index in [1.54, 1.807) is 18.3 Å². The van der Waals surface area contributed by atoms with Crippen molar-refractivity contribution in [1.82, 2.24) is 4.98 Å². The molecular weight excluding hydrogens is 276 g/mol. The van der Waals surface area contributed by atoms with Crippen LogP contribution in [0.15, 0.2) is 39.8 Å². The number of carbonyl (C=O) groups excluding carboxylic acids is 1. The molecule has 5 heteroatoms. The van der Waals surface area contributed by atoms with Gasteiger partial charge in [0.1, 0.15) is 4.60 Å². The molecule has 0 aromatic carbocycles. The maximum absolute atomic E-state index is 11.8. The highest BCUT2D eigenvalue weighted by Gasteiger charge is 2.10. The molecule has 2 aromatic heterocycles. The number of anilines is 1. The predicted octanol–water partition coefficient (Wildman–Crippen LogP) is 3.16. The molecule has 1 N–H and O–H groups in total. The summed E-state index contributed by atoms with van der Waals surface area (Å²) in [6, 6.07) is 5.30. The Morgan fingerprint density at radius 3 is 3.00 bits per heavy atom. The summed E-state index contributed by atoms with van der Waals surface area (Å²) >= 11 is 4.77. The maximum Gasteiger partial charge on any atom is 0.258 e. The second-order valence-corrected chi connectivity index (χ2v) is 4.34. The van der Waals surface area contributed by atoms with Gasteiger partial charge in [0.2, 0.25) is 0 Å². The fourth-order valence-corrected chi connectivity index (χ4v) is 2.11. The Morgan fingerprint density at radius 2 is 2.33 bits per heavy atom. The first-order chi connectivity index (χ1) is 7.27. The zero-order chi connectivity index (χ0) is 10.7. The lowest BCUT2D eigenvalue weighted by atomic mass is 10.2. The lowest BCUT2D eigenvalue weighted by Crippen LogP contribution is -2.12. The van der Waals surface area contributed by atoms with Crippen molar-refractivity contribution in [2.45, 2.75) is 0 Å². The number of hydrogen-bond donors (Lipinski definition) is 1. The summed E-state index contributed by atoms with van der Waals surface area (Å²) in [6.07, 6.45) is 1.63. The average molecular weight is 283 g/mol. The molecular formula is C10H7BrN2OS. The predicted molar refractivity (Wildman–Crippen MR) is 64.2 cm³/mol. The molecule has 0 aliphatic heterocycles. The van der Waals surface area contributed by atoms with Crippen molar-refractivity contribution in [3.05, 3.63) is 45.3 Å². The van der Waals surface area contributed by atoms with Crippen molar-refractivity contribution in [3.8, 4) is 0 Å². The standard InChI is InChI=1S/C10H7BrN2OS/c11-9-8(2-1-4-12-9)10(14)13-7-3-5-15-6-7/h1-6H,(H,13,14). The summed E-state index contributed by atoms with van der Waals surface area (Å²) in [5, 5.41) is 6.57. The highest BCUT2D eigenvalue weighted by atomic mass is 79.9. The van der Waals surface area contributed by atoms with Gasteiger partial charge in [0.15, 0.2) is 0 Å². The molecule has 0 atom stereocenters. The van der Waals surface area contributed by atoms with Gasteiger partial charge in [-0.05, 0) is 39.5 Å². The van der Waals surface area contributed by atoms with Crippen molar-refractivity contribution in [2.75, 3.05) is 5.32 Å². The minimum absolute atomic E-state index is 0.159. The third kappa shape index (κ3) is 2.43. The van der Waals surface area contributed by atoms with Crippen LogP contribution in [-0.2, 0) is 0 Å². The van der Waals surface area contributed by atoms with Crippen LogP contribution in [0.25, 0.3) is 0 Å². The normalized spacial score (nSPS) is 9.93. The molecule has 0 unspecified atom stereocenters. The lowest BCUT2D eigenvalue weighted by molar-refractivity contribution is 0.102. The van der Waals surface area contributed by atoms with Crippen molar-refractivity contribution in [3.63, 3.8) is 0 Å². The number of nitrogens with one attached hydrogen (secondary N) is 1. The average Bonchev–Trinajstić information content (AvgIpc) is 2.71. The summed E-state index contributed by atoms with van der Waals surface area (Å²) in [4.78, 5) is 15.7. The second-order valence-electron chi connectivity index (χ2n) is 2.81. The van der Waals surface area contributed by atoms with E-state index >= 15 is 0 Å². The SMILES string of the molecule is O=C(Nc1ccsc1)c1cccnc1Br. The Kier molecular flexibility index (Phi) is 3.13. The zero-order valence-corrected chi connectivity index (χ0v) is 10.0. The number of nitrogens with zero attached hydrogens (tertiary/aromatic N) is 1. The van der Waals surface area contributed by atoms with E-state index < -0.39 is 0 Å². The Bertz CT molecular complexity index is 470. The summed E-state index contributed by atoms with van der Waals surface area (Å²) in [5.74, 6) is -0.159. The fourth-order valence-electron chi connectivity index (χ4n) is 1.09. The number of rotatable bonds is 2. The quantitative estimate of drug-likeness (QED) is 0.860. The highest BCUT2D eigenvalue weighted by molar-refractivity contribution is 9.10. The van der Waals surface area contributed by atoms with Crippen LogP contribution in [0.2, 0.25) is 0 Å². The minimum Gasteiger partial charge on any atom is -0.321 e. The molecule has 0 bridgehead atoms. The van der Waals surface area contributed by atoms with Crippen LogP contribution < -0.4 is 5.32 Å². The van der Waals surface area contributed by atoms with E-state index in [1.807, 2.05) is 16.8 Å². The van der Waals surface area contributed by atoms with Crippen molar-refractivity contribution >= 4 is 38.9 Å². The molecule has 1 amide bonds. The van der Waals surface area contributed by atoms with Gasteiger partial charge in [0.25, 0.3) is 5.91 Å². The topological polar surface area (TPSA) is 42.0 Å². The van der Waals surface area contributed by atoms with Gasteiger partial charge in [-0.25, -0.2) is 4.98 Å². The van der Waals surface area contributed by atoms with Gasteiger partial charge in [-0.2, -0.15) is 11.3 Å². The fraction of sp³-hybridized carbons (Fsp3) is 0. The number of thiophene rings is 1. The van der Waals surface area contributed by atoms with Gasteiger partial charge in [-0.1, -0.05) is 0 Å². The van der Waals surface area contributed by atoms with Crippen LogP contribution in [0.1, 0.15) is 10.4 Å². The molecule has 3 nitrogen and oxygen atoms in total. The number of halogens is 1. The first kappa shape index (κ1) is 10.3. The smallest absolute Gasteiger partial charge is 0.258 e. The lowest BCUT2D eigenvalue weighted by Gasteiger charge is -2.03. The van der Waals surface area contributed by atoms with E-state index in [0.29, 0.717) is 10.2 Å². The third-order valence-corrected chi connectivity index (χ3v) is 3.10. The zero-order valence-electron chi connectivity index (χ0n) is 7.61. The maximum atomic E-state index is 11.8. The van der Waals surface area contributed by atoms with Gasteiger partial charge in [-0.15, -0.1) is 0 Å². The Hall–Kier alpha value is -1.20. The number of hydrogen-bond acceptors (Lipinski definition) is 3. The largest absolute Gasteiger partial charge is 0.321 e. The Labute approximate surface area is 99.3 Å². The molecule has 0 fully saturated rings. The molecule has 2 heterocycles. The Morgan fingerprint density at radius 1 is 1.47 bits per heavy atom. The summed E-state index contributed by atoms with van der Waals surface area (Å²) < 4.78 is 0.553. The van der Waals surface area contributed by atoms with Gasteiger partial charge in [-0.3, -0.25) is 4.79 Å². The first-order valence-electron chi connectivity index (χ1n) is 4.21. The molecule has 0 radical (unpaired) electrons. The number of carbonyl (C=O) groups is 1. The number of amides is 1. The summed E-state index contributed by atoms with van der Waals surface area (Å²) in [5.41, 5.74) is 1.34. The molecule has 0 spiro atoms. The number of pyridine rings is 1. The van der Waals surface area contributed by atoms with Crippen LogP contribution in [-0.4, -0.2) is 10.9 Å². The van der Waals surface area contributed by atoms with Gasteiger partial charge < -0.3 is 5.32 Å². The molecule has 2 rings (SSSR count). The molecule has 2 aromatic rings. The van der Waals surface area contributed by atoms with Gasteiger partial charge >= 0.3 is 0 Å². The molecule has 0 aliphatic rings. The van der Waals surface area contributed by atoms with Crippen molar-refractivity contribution < 1.29 is 4.79 Å². The van der Waals surface area contributed by atoms with Crippen LogP contribution >= 0.6 is 27.3 Å². The molecule has 0 saturated carbocycles. The monoisotopic (exact) mass is 282 g/mol. The molecule has 15 heavy (non-hydrogen) atoms. The highest BCUT2D eigenvalue weighted by Crippen LogP contribution is 2.16. The molecule has 0 aliphatic carbocycles. The van der Waals surface area contributed by atoms with Crippen LogP contribution in [0.4, 0.5) is 5.69 Å². The third-order valence-electron chi connectivity index (χ3n) is 1.78. The van der Waals surface area contributed by atoms with E-state index in [4.69, 9.17) is 0 Å². The number of aromatic nitrogens is 1. The van der Waals surface area contributed by atoms with Gasteiger partial charge in [0, 0.05) is 11.6 Å². The van der Waals surface area contributed by atoms with Crippen LogP contribution in [0.5, 0.6) is 0 Å². The van der Waals surface area contributed by atoms with Crippen LogP contribution in [0, 0.1) is 0 Å². The second kappa shape index (κ2) is 4.55. The van der Waals surface area contributed by atoms with Gasteiger partial charge in [0.05, 0.1) is 11.3 Å². The molecule has 76 valence electrons. The van der Waals surface area contributed by atoms with E-state index in [9.17, 15) is 4.79 Å². The van der Waals surface area contributed by atoms with E-state index in [1.165, 1.54) is 11.3 Å². The summed E-state index contributed by atoms with van der Waals surface area (Å²) in [6.45, 7) is 0. The minimum atomic E-state index is -0.159. The van der Waals surface area contributed by atoms with E-state index in [-0.39, 0.29) is 5.91 Å². The van der Waals surface area contributed by atoms with Crippen molar-refractivity contribution in [2.24, 2.45) is 0 Å². The van der Waals surface area contributed by atoms with Crippen molar-refractivity contribution in [1.29, 1.82) is 0 Å². The summed E-state index contributed by atoms with van der Waals surface area (Å²) in [7, 11) is 0. The molecule has 0 saturated heterocycles. The van der Waals surface area contributed by atoms with E-state index in [2.05, 4.69) is 26.2 Å².